The van der Waals surface area contributed by atoms with Gasteiger partial charge in [-0.05, 0) is 18.4 Å². The van der Waals surface area contributed by atoms with E-state index in [0.717, 1.165) is 16.8 Å². The molecule has 0 radical (unpaired) electrons. The highest BCUT2D eigenvalue weighted by Gasteiger charge is 2.32. The van der Waals surface area contributed by atoms with Gasteiger partial charge in [0.1, 0.15) is 17.6 Å². The van der Waals surface area contributed by atoms with Crippen molar-refractivity contribution in [1.29, 1.82) is 5.26 Å². The lowest BCUT2D eigenvalue weighted by Gasteiger charge is -2.13. The summed E-state index contributed by atoms with van der Waals surface area (Å²) >= 11 is 11.9. The highest BCUT2D eigenvalue weighted by Crippen LogP contribution is 2.40. The molecule has 0 saturated carbocycles. The van der Waals surface area contributed by atoms with Gasteiger partial charge in [-0.2, -0.15) is 34.0 Å². The van der Waals surface area contributed by atoms with E-state index in [0.29, 0.717) is 4.90 Å². The Hall–Kier alpha value is -1.69. The molecular formula is C13H9Cl2F3N4S. The van der Waals surface area contributed by atoms with E-state index in [4.69, 9.17) is 34.2 Å². The van der Waals surface area contributed by atoms with Crippen molar-refractivity contribution in [2.75, 3.05) is 12.0 Å². The van der Waals surface area contributed by atoms with Gasteiger partial charge in [0.25, 0.3) is 0 Å². The van der Waals surface area contributed by atoms with Gasteiger partial charge in [0.2, 0.25) is 0 Å². The smallest absolute Gasteiger partial charge is 0.383 e. The van der Waals surface area contributed by atoms with E-state index >= 15 is 0 Å². The van der Waals surface area contributed by atoms with Crippen molar-refractivity contribution in [2.24, 2.45) is 0 Å². The second kappa shape index (κ2) is 6.07. The van der Waals surface area contributed by atoms with Gasteiger partial charge in [-0.1, -0.05) is 29.1 Å². The molecule has 0 spiro atoms. The SMILES string of the molecule is C=S(C)c1c(C#N)nn(-c2c(Cl)cc(C(F)(F)F)cc2Cl)c1N. The van der Waals surface area contributed by atoms with Crippen LogP contribution in [0.3, 0.4) is 0 Å². The number of benzene rings is 1. The van der Waals surface area contributed by atoms with Crippen LogP contribution in [0.15, 0.2) is 17.0 Å². The molecule has 0 saturated heterocycles. The van der Waals surface area contributed by atoms with Crippen LogP contribution in [-0.4, -0.2) is 21.9 Å². The minimum Gasteiger partial charge on any atom is -0.383 e. The van der Waals surface area contributed by atoms with Gasteiger partial charge in [0, 0.05) is 0 Å². The fourth-order valence-corrected chi connectivity index (χ4v) is 3.44. The molecule has 0 amide bonds. The third kappa shape index (κ3) is 3.17. The lowest BCUT2D eigenvalue weighted by Crippen LogP contribution is -2.08. The van der Waals surface area contributed by atoms with Gasteiger partial charge in [-0.25, -0.2) is 4.68 Å². The van der Waals surface area contributed by atoms with E-state index in [-0.39, 0.29) is 27.2 Å². The summed E-state index contributed by atoms with van der Waals surface area (Å²) < 4.78 is 39.4. The second-order valence-electron chi connectivity index (χ2n) is 4.51. The number of hydrogen-bond donors (Lipinski definition) is 1. The maximum absolute atomic E-state index is 12.8. The molecule has 1 unspecified atom stereocenters. The molecule has 2 aromatic rings. The van der Waals surface area contributed by atoms with Gasteiger partial charge in [-0.15, -0.1) is 0 Å². The molecular weight excluding hydrogens is 372 g/mol. The summed E-state index contributed by atoms with van der Waals surface area (Å²) in [4.78, 5) is 0.402. The number of hydrogen-bond acceptors (Lipinski definition) is 3. The second-order valence-corrected chi connectivity index (χ2v) is 7.01. The molecule has 0 aliphatic heterocycles. The quantitative estimate of drug-likeness (QED) is 0.787. The summed E-state index contributed by atoms with van der Waals surface area (Å²) in [6.45, 7) is 0. The molecule has 1 aromatic carbocycles. The zero-order valence-corrected chi connectivity index (χ0v) is 13.9. The molecule has 122 valence electrons. The molecule has 0 fully saturated rings. The molecule has 0 aliphatic rings. The van der Waals surface area contributed by atoms with Gasteiger partial charge in [-0.3, -0.25) is 0 Å². The first-order valence-electron chi connectivity index (χ1n) is 5.88. The standard InChI is InChI=1S/C13H9Cl2F3N4S/c1-23(2)11-9(5-19)21-22(12(11)20)10-7(14)3-6(4-8(10)15)13(16,17)18/h3-4H,1,20H2,2H3. The number of nitrogens with two attached hydrogens (primary N) is 1. The van der Waals surface area contributed by atoms with Crippen LogP contribution in [0.4, 0.5) is 19.0 Å². The summed E-state index contributed by atoms with van der Waals surface area (Å²) in [5, 5.41) is 12.5. The Morgan fingerprint density at radius 3 is 2.22 bits per heavy atom. The predicted octanol–water partition coefficient (Wildman–Crippen LogP) is 4.34. The molecule has 2 N–H and O–H groups in total. The molecule has 1 atom stereocenters. The Kier molecular flexibility index (Phi) is 4.66. The van der Waals surface area contributed by atoms with Crippen molar-refractivity contribution >= 4 is 45.4 Å². The zero-order valence-electron chi connectivity index (χ0n) is 11.6. The third-order valence-electron chi connectivity index (χ3n) is 2.89. The van der Waals surface area contributed by atoms with Gasteiger partial charge >= 0.3 is 6.18 Å². The van der Waals surface area contributed by atoms with E-state index in [1.165, 1.54) is 0 Å². The average molecular weight is 381 g/mol. The van der Waals surface area contributed by atoms with Crippen molar-refractivity contribution in [3.8, 4) is 11.8 Å². The largest absolute Gasteiger partial charge is 0.416 e. The number of anilines is 1. The number of nitriles is 1. The van der Waals surface area contributed by atoms with E-state index in [1.54, 1.807) is 6.26 Å². The Balaban J connectivity index is 2.74. The molecule has 0 aliphatic carbocycles. The maximum Gasteiger partial charge on any atom is 0.416 e. The van der Waals surface area contributed by atoms with Crippen LogP contribution in [-0.2, 0) is 6.18 Å². The summed E-state index contributed by atoms with van der Waals surface area (Å²) in [6.07, 6.45) is -2.86. The molecule has 2 rings (SSSR count). The highest BCUT2D eigenvalue weighted by atomic mass is 35.5. The van der Waals surface area contributed by atoms with Crippen LogP contribution >= 0.6 is 33.7 Å². The van der Waals surface area contributed by atoms with Crippen LogP contribution in [0.5, 0.6) is 0 Å². The summed E-state index contributed by atoms with van der Waals surface area (Å²) in [5.41, 5.74) is 4.96. The summed E-state index contributed by atoms with van der Waals surface area (Å²) in [6, 6.07) is 3.33. The first kappa shape index (κ1) is 17.7. The van der Waals surface area contributed by atoms with Gasteiger partial charge in [0.05, 0.1) is 20.5 Å². The first-order chi connectivity index (χ1) is 10.6. The van der Waals surface area contributed by atoms with Crippen LogP contribution < -0.4 is 5.73 Å². The lowest BCUT2D eigenvalue weighted by atomic mass is 10.2. The summed E-state index contributed by atoms with van der Waals surface area (Å²) in [5.74, 6) is 3.87. The number of halogens is 5. The number of nitrogen functional groups attached to an aromatic ring is 1. The van der Waals surface area contributed by atoms with Crippen LogP contribution in [0, 0.1) is 11.3 Å². The fourth-order valence-electron chi connectivity index (χ4n) is 1.94. The Morgan fingerprint density at radius 2 is 1.87 bits per heavy atom. The predicted molar refractivity (Wildman–Crippen MR) is 86.6 cm³/mol. The number of nitrogens with zero attached hydrogens (tertiary/aromatic N) is 3. The lowest BCUT2D eigenvalue weighted by molar-refractivity contribution is -0.137. The monoisotopic (exact) mass is 380 g/mol. The van der Waals surface area contributed by atoms with Crippen molar-refractivity contribution in [2.45, 2.75) is 11.1 Å². The van der Waals surface area contributed by atoms with Gasteiger partial charge in [0.15, 0.2) is 5.69 Å². The Labute approximate surface area is 142 Å². The van der Waals surface area contributed by atoms with Crippen LogP contribution in [0.1, 0.15) is 11.3 Å². The minimum atomic E-state index is -4.59. The van der Waals surface area contributed by atoms with Gasteiger partial charge < -0.3 is 5.73 Å². The maximum atomic E-state index is 12.8. The van der Waals surface area contributed by atoms with Crippen LogP contribution in [0.25, 0.3) is 5.69 Å². The Bertz CT molecular complexity index is 829. The molecule has 1 heterocycles. The topological polar surface area (TPSA) is 67.6 Å². The van der Waals surface area contributed by atoms with Crippen molar-refractivity contribution in [3.05, 3.63) is 33.4 Å². The zero-order chi connectivity index (χ0) is 17.5. The highest BCUT2D eigenvalue weighted by molar-refractivity contribution is 8.13. The number of rotatable bonds is 2. The fraction of sp³-hybridized carbons (Fsp3) is 0.154. The van der Waals surface area contributed by atoms with E-state index < -0.39 is 22.2 Å². The van der Waals surface area contributed by atoms with E-state index in [9.17, 15) is 13.2 Å². The van der Waals surface area contributed by atoms with E-state index in [2.05, 4.69) is 11.0 Å². The van der Waals surface area contributed by atoms with Crippen LogP contribution in [0.2, 0.25) is 10.0 Å². The molecule has 0 bridgehead atoms. The third-order valence-corrected chi connectivity index (χ3v) is 4.56. The number of aromatic nitrogens is 2. The van der Waals surface area contributed by atoms with Crippen molar-refractivity contribution in [3.63, 3.8) is 0 Å². The van der Waals surface area contributed by atoms with Crippen molar-refractivity contribution in [1.82, 2.24) is 9.78 Å². The number of alkyl halides is 3. The van der Waals surface area contributed by atoms with Crippen molar-refractivity contribution < 1.29 is 13.2 Å². The molecule has 4 nitrogen and oxygen atoms in total. The Morgan fingerprint density at radius 1 is 1.35 bits per heavy atom. The first-order valence-corrected chi connectivity index (χ1v) is 8.44. The molecule has 1 aromatic heterocycles. The minimum absolute atomic E-state index is 0.0213. The average Bonchev–Trinajstić information content (AvgIpc) is 2.74. The molecule has 23 heavy (non-hydrogen) atoms. The molecule has 10 heteroatoms. The normalized spacial score (nSPS) is 12.9. The summed E-state index contributed by atoms with van der Waals surface area (Å²) in [7, 11) is -0.634. The van der Waals surface area contributed by atoms with E-state index in [1.807, 2.05) is 6.07 Å².